The highest BCUT2D eigenvalue weighted by Gasteiger charge is 2.04. The predicted octanol–water partition coefficient (Wildman–Crippen LogP) is 1.70. The van der Waals surface area contributed by atoms with Crippen LogP contribution in [0.2, 0.25) is 0 Å². The Kier molecular flexibility index (Phi) is 4.90. The standard InChI is InChI=1S/C17H16FN5O/c18-15-5-1-13(2-6-15)9-10-19-17(24)11-14-3-7-16(8-4-14)23-12-20-21-22-23/h1-8,12H,9-11H2,(H,19,24). The monoisotopic (exact) mass is 325 g/mol. The Morgan fingerprint density at radius 3 is 2.42 bits per heavy atom. The maximum absolute atomic E-state index is 12.8. The molecular weight excluding hydrogens is 309 g/mol. The average molecular weight is 325 g/mol. The zero-order valence-corrected chi connectivity index (χ0v) is 12.9. The van der Waals surface area contributed by atoms with Crippen molar-refractivity contribution in [3.63, 3.8) is 0 Å². The van der Waals surface area contributed by atoms with Gasteiger partial charge in [-0.1, -0.05) is 24.3 Å². The molecule has 122 valence electrons. The number of hydrogen-bond acceptors (Lipinski definition) is 4. The number of benzene rings is 2. The zero-order valence-electron chi connectivity index (χ0n) is 12.9. The van der Waals surface area contributed by atoms with Gasteiger partial charge in [0.2, 0.25) is 5.91 Å². The summed E-state index contributed by atoms with van der Waals surface area (Å²) < 4.78 is 14.4. The lowest BCUT2D eigenvalue weighted by molar-refractivity contribution is -0.120. The molecule has 3 aromatic rings. The maximum atomic E-state index is 12.8. The summed E-state index contributed by atoms with van der Waals surface area (Å²) >= 11 is 0. The molecule has 2 aromatic carbocycles. The molecule has 3 rings (SSSR count). The number of tetrazole rings is 1. The topological polar surface area (TPSA) is 72.7 Å². The molecule has 0 atom stereocenters. The number of nitrogens with zero attached hydrogens (tertiary/aromatic N) is 4. The molecule has 0 fully saturated rings. The minimum Gasteiger partial charge on any atom is -0.355 e. The van der Waals surface area contributed by atoms with E-state index < -0.39 is 0 Å². The molecule has 1 aromatic heterocycles. The van der Waals surface area contributed by atoms with E-state index in [4.69, 9.17) is 0 Å². The molecule has 0 saturated heterocycles. The molecule has 0 aliphatic rings. The number of hydrogen-bond donors (Lipinski definition) is 1. The first-order valence-corrected chi connectivity index (χ1v) is 7.54. The SMILES string of the molecule is O=C(Cc1ccc(-n2cnnn2)cc1)NCCc1ccc(F)cc1. The number of halogens is 1. The molecule has 7 heteroatoms. The van der Waals surface area contributed by atoms with Crippen LogP contribution in [0.5, 0.6) is 0 Å². The number of aromatic nitrogens is 4. The van der Waals surface area contributed by atoms with E-state index in [1.807, 2.05) is 24.3 Å². The highest BCUT2D eigenvalue weighted by atomic mass is 19.1. The van der Waals surface area contributed by atoms with Gasteiger partial charge in [0.1, 0.15) is 12.1 Å². The summed E-state index contributed by atoms with van der Waals surface area (Å²) in [6.45, 7) is 0.521. The number of carbonyl (C=O) groups excluding carboxylic acids is 1. The van der Waals surface area contributed by atoms with E-state index in [1.165, 1.54) is 18.5 Å². The molecule has 6 nitrogen and oxygen atoms in total. The second kappa shape index (κ2) is 7.45. The van der Waals surface area contributed by atoms with Crippen LogP contribution in [-0.4, -0.2) is 32.7 Å². The molecule has 1 heterocycles. The first-order chi connectivity index (χ1) is 11.7. The zero-order chi connectivity index (χ0) is 16.8. The van der Waals surface area contributed by atoms with Crippen LogP contribution >= 0.6 is 0 Å². The Labute approximate surface area is 138 Å². The fourth-order valence-electron chi connectivity index (χ4n) is 2.29. The van der Waals surface area contributed by atoms with Crippen molar-refractivity contribution in [1.82, 2.24) is 25.5 Å². The molecular formula is C17H16FN5O. The molecule has 0 saturated carbocycles. The summed E-state index contributed by atoms with van der Waals surface area (Å²) in [5.74, 6) is -0.305. The summed E-state index contributed by atoms with van der Waals surface area (Å²) in [7, 11) is 0. The van der Waals surface area contributed by atoms with Gasteiger partial charge in [-0.2, -0.15) is 0 Å². The van der Waals surface area contributed by atoms with Gasteiger partial charge in [0.15, 0.2) is 0 Å². The number of rotatable bonds is 6. The molecule has 0 aliphatic heterocycles. The van der Waals surface area contributed by atoms with Crippen molar-refractivity contribution in [1.29, 1.82) is 0 Å². The molecule has 0 radical (unpaired) electrons. The second-order valence-electron chi connectivity index (χ2n) is 5.32. The Bertz CT molecular complexity index is 785. The second-order valence-corrected chi connectivity index (χ2v) is 5.32. The first kappa shape index (κ1) is 15.8. The fraction of sp³-hybridized carbons (Fsp3) is 0.176. The van der Waals surface area contributed by atoms with Crippen molar-refractivity contribution in [2.75, 3.05) is 6.54 Å². The van der Waals surface area contributed by atoms with E-state index in [9.17, 15) is 9.18 Å². The maximum Gasteiger partial charge on any atom is 0.224 e. The van der Waals surface area contributed by atoms with Crippen molar-refractivity contribution in [2.24, 2.45) is 0 Å². The van der Waals surface area contributed by atoms with Gasteiger partial charge in [-0.15, -0.1) is 5.10 Å². The Hall–Kier alpha value is -3.09. The summed E-state index contributed by atoms with van der Waals surface area (Å²) in [5.41, 5.74) is 2.73. The number of amides is 1. The van der Waals surface area contributed by atoms with Gasteiger partial charge in [-0.25, -0.2) is 9.07 Å². The minimum atomic E-state index is -0.257. The van der Waals surface area contributed by atoms with E-state index in [0.29, 0.717) is 19.4 Å². The van der Waals surface area contributed by atoms with E-state index in [-0.39, 0.29) is 11.7 Å². The molecule has 0 bridgehead atoms. The Balaban J connectivity index is 1.47. The van der Waals surface area contributed by atoms with Gasteiger partial charge in [0.25, 0.3) is 0 Å². The van der Waals surface area contributed by atoms with Crippen molar-refractivity contribution >= 4 is 5.91 Å². The van der Waals surface area contributed by atoms with Gasteiger partial charge in [-0.3, -0.25) is 4.79 Å². The molecule has 1 N–H and O–H groups in total. The van der Waals surface area contributed by atoms with Gasteiger partial charge in [0.05, 0.1) is 12.1 Å². The number of carbonyl (C=O) groups is 1. The van der Waals surface area contributed by atoms with E-state index >= 15 is 0 Å². The van der Waals surface area contributed by atoms with Gasteiger partial charge in [0, 0.05) is 6.54 Å². The van der Waals surface area contributed by atoms with Crippen molar-refractivity contribution in [3.05, 3.63) is 71.8 Å². The fourth-order valence-corrected chi connectivity index (χ4v) is 2.29. The van der Waals surface area contributed by atoms with Crippen LogP contribution in [0.25, 0.3) is 5.69 Å². The van der Waals surface area contributed by atoms with Crippen molar-refractivity contribution in [2.45, 2.75) is 12.8 Å². The molecule has 24 heavy (non-hydrogen) atoms. The molecule has 0 spiro atoms. The van der Waals surface area contributed by atoms with Crippen LogP contribution in [0.15, 0.2) is 54.9 Å². The number of nitrogens with one attached hydrogen (secondary N) is 1. The highest BCUT2D eigenvalue weighted by molar-refractivity contribution is 5.78. The lowest BCUT2D eigenvalue weighted by atomic mass is 10.1. The third-order valence-electron chi connectivity index (χ3n) is 3.56. The van der Waals surface area contributed by atoms with E-state index in [0.717, 1.165) is 16.8 Å². The van der Waals surface area contributed by atoms with E-state index in [2.05, 4.69) is 20.8 Å². The van der Waals surface area contributed by atoms with E-state index in [1.54, 1.807) is 16.8 Å². The van der Waals surface area contributed by atoms with Crippen LogP contribution in [0, 0.1) is 5.82 Å². The van der Waals surface area contributed by atoms with Crippen LogP contribution in [0.3, 0.4) is 0 Å². The van der Waals surface area contributed by atoms with Crippen molar-refractivity contribution < 1.29 is 9.18 Å². The highest BCUT2D eigenvalue weighted by Crippen LogP contribution is 2.08. The molecule has 0 aliphatic carbocycles. The normalized spacial score (nSPS) is 10.5. The quantitative estimate of drug-likeness (QED) is 0.749. The Morgan fingerprint density at radius 2 is 1.75 bits per heavy atom. The Morgan fingerprint density at radius 1 is 1.04 bits per heavy atom. The summed E-state index contributed by atoms with van der Waals surface area (Å²) in [6.07, 6.45) is 2.49. The largest absolute Gasteiger partial charge is 0.355 e. The van der Waals surface area contributed by atoms with Crippen LogP contribution in [-0.2, 0) is 17.6 Å². The van der Waals surface area contributed by atoms with Crippen LogP contribution < -0.4 is 5.32 Å². The predicted molar refractivity (Wildman–Crippen MR) is 86.0 cm³/mol. The summed E-state index contributed by atoms with van der Waals surface area (Å²) in [6, 6.07) is 13.7. The third kappa shape index (κ3) is 4.22. The molecule has 1 amide bonds. The summed E-state index contributed by atoms with van der Waals surface area (Å²) in [4.78, 5) is 12.0. The van der Waals surface area contributed by atoms with Crippen LogP contribution in [0.1, 0.15) is 11.1 Å². The van der Waals surface area contributed by atoms with Gasteiger partial charge < -0.3 is 5.32 Å². The average Bonchev–Trinajstić information content (AvgIpc) is 3.12. The summed E-state index contributed by atoms with van der Waals surface area (Å²) in [5, 5.41) is 13.8. The lowest BCUT2D eigenvalue weighted by Gasteiger charge is -2.06. The minimum absolute atomic E-state index is 0.0488. The van der Waals surface area contributed by atoms with Crippen molar-refractivity contribution in [3.8, 4) is 5.69 Å². The lowest BCUT2D eigenvalue weighted by Crippen LogP contribution is -2.27. The molecule has 0 unspecified atom stereocenters. The first-order valence-electron chi connectivity index (χ1n) is 7.54. The smallest absolute Gasteiger partial charge is 0.224 e. The van der Waals surface area contributed by atoms with Gasteiger partial charge in [-0.05, 0) is 52.2 Å². The third-order valence-corrected chi connectivity index (χ3v) is 3.56. The van der Waals surface area contributed by atoms with Gasteiger partial charge >= 0.3 is 0 Å². The van der Waals surface area contributed by atoms with Crippen LogP contribution in [0.4, 0.5) is 4.39 Å².